The molecule has 30 heavy (non-hydrogen) atoms. The lowest BCUT2D eigenvalue weighted by Crippen LogP contribution is -2.48. The third kappa shape index (κ3) is 3.99. The smallest absolute Gasteiger partial charge is 0.255 e. The van der Waals surface area contributed by atoms with Gasteiger partial charge < -0.3 is 10.6 Å². The number of benzene rings is 2. The number of halogens is 1. The fourth-order valence-electron chi connectivity index (χ4n) is 3.46. The number of hydrogen-bond donors (Lipinski definition) is 2. The molecule has 0 bridgehead atoms. The summed E-state index contributed by atoms with van der Waals surface area (Å²) in [5, 5.41) is 10.7. The summed E-state index contributed by atoms with van der Waals surface area (Å²) in [6.07, 6.45) is 0. The molecule has 0 fully saturated rings. The molecule has 0 saturated heterocycles. The molecule has 4 nitrogen and oxygen atoms in total. The zero-order valence-electron chi connectivity index (χ0n) is 16.5. The van der Waals surface area contributed by atoms with Crippen LogP contribution in [0.4, 0.5) is 15.8 Å². The van der Waals surface area contributed by atoms with Crippen molar-refractivity contribution in [2.45, 2.75) is 19.9 Å². The van der Waals surface area contributed by atoms with Gasteiger partial charge in [0.25, 0.3) is 5.91 Å². The molecule has 1 aliphatic heterocycles. The van der Waals surface area contributed by atoms with E-state index in [2.05, 4.69) is 10.6 Å². The SMILES string of the molecule is CC1=C(C(=O)Nc2ccc(C)cc2)C(c2ccsc2)NC(=S)N1c1ccc(F)cc1. The van der Waals surface area contributed by atoms with E-state index in [-0.39, 0.29) is 17.8 Å². The van der Waals surface area contributed by atoms with Crippen LogP contribution in [-0.4, -0.2) is 11.0 Å². The minimum absolute atomic E-state index is 0.213. The molecule has 0 radical (unpaired) electrons. The number of amides is 1. The summed E-state index contributed by atoms with van der Waals surface area (Å²) in [7, 11) is 0. The zero-order chi connectivity index (χ0) is 21.3. The van der Waals surface area contributed by atoms with Crippen LogP contribution in [0.5, 0.6) is 0 Å². The van der Waals surface area contributed by atoms with E-state index in [0.29, 0.717) is 22.1 Å². The number of anilines is 2. The summed E-state index contributed by atoms with van der Waals surface area (Å²) in [6, 6.07) is 15.3. The maximum Gasteiger partial charge on any atom is 0.255 e. The normalized spacial score (nSPS) is 16.4. The van der Waals surface area contributed by atoms with E-state index >= 15 is 0 Å². The Bertz CT molecular complexity index is 1110. The summed E-state index contributed by atoms with van der Waals surface area (Å²) < 4.78 is 13.4. The van der Waals surface area contributed by atoms with Crippen LogP contribution < -0.4 is 15.5 Å². The van der Waals surface area contributed by atoms with Crippen LogP contribution in [0.25, 0.3) is 0 Å². The van der Waals surface area contributed by atoms with Crippen LogP contribution in [0.1, 0.15) is 24.1 Å². The summed E-state index contributed by atoms with van der Waals surface area (Å²) in [6.45, 7) is 3.86. The molecule has 7 heteroatoms. The standard InChI is InChI=1S/C23H20FN3OS2/c1-14-3-7-18(8-4-14)25-22(28)20-15(2)27(19-9-5-17(24)6-10-19)23(29)26-21(20)16-11-12-30-13-16/h3-13,21H,1-2H3,(H,25,28)(H,26,29). The molecule has 4 rings (SSSR count). The lowest BCUT2D eigenvalue weighted by Gasteiger charge is -2.37. The van der Waals surface area contributed by atoms with Gasteiger partial charge in [-0.2, -0.15) is 11.3 Å². The number of rotatable bonds is 4. The molecule has 0 aliphatic carbocycles. The van der Waals surface area contributed by atoms with Crippen molar-refractivity contribution in [1.82, 2.24) is 5.32 Å². The van der Waals surface area contributed by atoms with Gasteiger partial charge in [-0.1, -0.05) is 17.7 Å². The number of carbonyl (C=O) groups is 1. The summed E-state index contributed by atoms with van der Waals surface area (Å²) in [5.74, 6) is -0.542. The van der Waals surface area contributed by atoms with E-state index < -0.39 is 0 Å². The first-order chi connectivity index (χ1) is 14.4. The first kappa shape index (κ1) is 20.3. The first-order valence-electron chi connectivity index (χ1n) is 9.41. The highest BCUT2D eigenvalue weighted by Gasteiger charge is 2.34. The molecular weight excluding hydrogens is 417 g/mol. The fraction of sp³-hybridized carbons (Fsp3) is 0.130. The van der Waals surface area contributed by atoms with E-state index in [1.165, 1.54) is 12.1 Å². The van der Waals surface area contributed by atoms with Gasteiger partial charge in [-0.15, -0.1) is 0 Å². The molecule has 2 N–H and O–H groups in total. The predicted molar refractivity (Wildman–Crippen MR) is 124 cm³/mol. The second-order valence-corrected chi connectivity index (χ2v) is 8.24. The summed E-state index contributed by atoms with van der Waals surface area (Å²) in [4.78, 5) is 15.1. The van der Waals surface area contributed by atoms with Crippen molar-refractivity contribution >= 4 is 45.9 Å². The highest BCUT2D eigenvalue weighted by atomic mass is 32.1. The Kier molecular flexibility index (Phi) is 5.65. The average Bonchev–Trinajstić information content (AvgIpc) is 3.25. The van der Waals surface area contributed by atoms with Crippen LogP contribution in [0.3, 0.4) is 0 Å². The molecule has 1 unspecified atom stereocenters. The second-order valence-electron chi connectivity index (χ2n) is 7.07. The topological polar surface area (TPSA) is 44.4 Å². The van der Waals surface area contributed by atoms with E-state index in [4.69, 9.17) is 12.2 Å². The monoisotopic (exact) mass is 437 g/mol. The number of nitrogens with zero attached hydrogens (tertiary/aromatic N) is 1. The van der Waals surface area contributed by atoms with Gasteiger partial charge in [-0.05, 0) is 84.9 Å². The second kappa shape index (κ2) is 8.38. The van der Waals surface area contributed by atoms with Crippen molar-refractivity contribution in [2.75, 3.05) is 10.2 Å². The third-order valence-electron chi connectivity index (χ3n) is 5.00. The van der Waals surface area contributed by atoms with Gasteiger partial charge in [0.05, 0.1) is 11.6 Å². The van der Waals surface area contributed by atoms with Gasteiger partial charge in [0.15, 0.2) is 5.11 Å². The van der Waals surface area contributed by atoms with Crippen LogP contribution in [-0.2, 0) is 4.79 Å². The molecule has 152 valence electrons. The van der Waals surface area contributed by atoms with Gasteiger partial charge >= 0.3 is 0 Å². The molecule has 2 aromatic carbocycles. The molecule has 2 heterocycles. The van der Waals surface area contributed by atoms with Crippen LogP contribution >= 0.6 is 23.6 Å². The number of thiophene rings is 1. The van der Waals surface area contributed by atoms with Crippen molar-refractivity contribution in [3.63, 3.8) is 0 Å². The van der Waals surface area contributed by atoms with Gasteiger partial charge in [0.1, 0.15) is 5.82 Å². The highest BCUT2D eigenvalue weighted by molar-refractivity contribution is 7.80. The number of carbonyl (C=O) groups excluding carboxylic acids is 1. The van der Waals surface area contributed by atoms with Gasteiger partial charge in [0.2, 0.25) is 0 Å². The zero-order valence-corrected chi connectivity index (χ0v) is 18.1. The molecule has 0 saturated carbocycles. The lowest BCUT2D eigenvalue weighted by atomic mass is 9.96. The third-order valence-corrected chi connectivity index (χ3v) is 6.00. The minimum Gasteiger partial charge on any atom is -0.351 e. The van der Waals surface area contributed by atoms with Crippen LogP contribution in [0.15, 0.2) is 76.6 Å². The first-order valence-corrected chi connectivity index (χ1v) is 10.8. The molecule has 1 aliphatic rings. The van der Waals surface area contributed by atoms with E-state index in [9.17, 15) is 9.18 Å². The summed E-state index contributed by atoms with van der Waals surface area (Å²) in [5.41, 5.74) is 4.76. The number of hydrogen-bond acceptors (Lipinski definition) is 3. The summed E-state index contributed by atoms with van der Waals surface area (Å²) >= 11 is 7.17. The fourth-order valence-corrected chi connectivity index (χ4v) is 4.51. The molecule has 3 aromatic rings. The Hall–Kier alpha value is -3.03. The molecule has 1 amide bonds. The minimum atomic E-state index is -0.370. The van der Waals surface area contributed by atoms with E-state index in [0.717, 1.165) is 16.8 Å². The van der Waals surface area contributed by atoms with Crippen molar-refractivity contribution in [1.29, 1.82) is 0 Å². The quantitative estimate of drug-likeness (QED) is 0.526. The van der Waals surface area contributed by atoms with Gasteiger partial charge in [-0.25, -0.2) is 4.39 Å². The predicted octanol–water partition coefficient (Wildman–Crippen LogP) is 5.54. The van der Waals surface area contributed by atoms with Crippen molar-refractivity contribution in [3.8, 4) is 0 Å². The number of nitrogens with one attached hydrogen (secondary N) is 2. The van der Waals surface area contributed by atoms with Crippen LogP contribution in [0.2, 0.25) is 0 Å². The molecule has 1 atom stereocenters. The van der Waals surface area contributed by atoms with Gasteiger partial charge in [-0.3, -0.25) is 9.69 Å². The Morgan fingerprint density at radius 1 is 1.10 bits per heavy atom. The molecule has 1 aromatic heterocycles. The Morgan fingerprint density at radius 3 is 2.43 bits per heavy atom. The largest absolute Gasteiger partial charge is 0.351 e. The Balaban J connectivity index is 1.77. The molecule has 0 spiro atoms. The van der Waals surface area contributed by atoms with Crippen molar-refractivity contribution in [2.24, 2.45) is 0 Å². The van der Waals surface area contributed by atoms with Crippen molar-refractivity contribution < 1.29 is 9.18 Å². The van der Waals surface area contributed by atoms with Gasteiger partial charge in [0, 0.05) is 17.1 Å². The number of thiocarbonyl (C=S) groups is 1. The van der Waals surface area contributed by atoms with Crippen LogP contribution in [0, 0.1) is 12.7 Å². The number of allylic oxidation sites excluding steroid dienone is 1. The molecular formula is C23H20FN3OS2. The Morgan fingerprint density at radius 2 is 1.80 bits per heavy atom. The lowest BCUT2D eigenvalue weighted by molar-refractivity contribution is -0.113. The Labute approximate surface area is 184 Å². The van der Waals surface area contributed by atoms with E-state index in [1.54, 1.807) is 28.4 Å². The maximum absolute atomic E-state index is 13.4. The van der Waals surface area contributed by atoms with E-state index in [1.807, 2.05) is 54.9 Å². The highest BCUT2D eigenvalue weighted by Crippen LogP contribution is 2.35. The maximum atomic E-state index is 13.4. The van der Waals surface area contributed by atoms with Crippen molar-refractivity contribution in [3.05, 3.63) is 93.6 Å². The average molecular weight is 438 g/mol. The number of aryl methyl sites for hydroxylation is 1.